The van der Waals surface area contributed by atoms with Crippen molar-refractivity contribution in [3.8, 4) is 5.75 Å². The highest BCUT2D eigenvalue weighted by Gasteiger charge is 2.04. The van der Waals surface area contributed by atoms with E-state index in [1.807, 2.05) is 18.2 Å². The number of hydrazone groups is 1. The van der Waals surface area contributed by atoms with Crippen molar-refractivity contribution in [1.82, 2.24) is 5.43 Å². The van der Waals surface area contributed by atoms with Gasteiger partial charge in [-0.05, 0) is 42.0 Å². The molecule has 0 aliphatic heterocycles. The summed E-state index contributed by atoms with van der Waals surface area (Å²) in [5, 5.41) is 6.58. The summed E-state index contributed by atoms with van der Waals surface area (Å²) < 4.78 is 5.43. The average Bonchev–Trinajstić information content (AvgIpc) is 2.60. The smallest absolute Gasteiger partial charge is 0.271 e. The van der Waals surface area contributed by atoms with E-state index in [9.17, 15) is 9.59 Å². The highest BCUT2D eigenvalue weighted by Crippen LogP contribution is 2.12. The minimum absolute atomic E-state index is 0.166. The van der Waals surface area contributed by atoms with E-state index in [1.165, 1.54) is 13.1 Å². The molecule has 0 aliphatic rings. The Morgan fingerprint density at radius 1 is 1.20 bits per heavy atom. The van der Waals surface area contributed by atoms with E-state index < -0.39 is 0 Å². The Morgan fingerprint density at radius 2 is 1.96 bits per heavy atom. The lowest BCUT2D eigenvalue weighted by Gasteiger charge is -2.04. The maximum absolute atomic E-state index is 12.0. The first-order chi connectivity index (χ1) is 12.1. The lowest BCUT2D eigenvalue weighted by Crippen LogP contribution is -2.17. The van der Waals surface area contributed by atoms with Crippen LogP contribution < -0.4 is 15.5 Å². The normalized spacial score (nSPS) is 10.3. The van der Waals surface area contributed by atoms with Crippen LogP contribution in [0.2, 0.25) is 0 Å². The molecule has 0 unspecified atom stereocenters. The molecular weight excluding hydrogens is 318 g/mol. The molecule has 0 spiro atoms. The van der Waals surface area contributed by atoms with Crippen LogP contribution >= 0.6 is 0 Å². The van der Waals surface area contributed by atoms with E-state index in [2.05, 4.69) is 22.4 Å². The predicted octanol–water partition coefficient (Wildman–Crippen LogP) is 2.97. The minimum Gasteiger partial charge on any atom is -0.490 e. The van der Waals surface area contributed by atoms with Crippen molar-refractivity contribution in [2.24, 2.45) is 5.10 Å². The fourth-order valence-corrected chi connectivity index (χ4v) is 1.98. The van der Waals surface area contributed by atoms with E-state index in [0.717, 1.165) is 5.56 Å². The maximum Gasteiger partial charge on any atom is 0.271 e. The summed E-state index contributed by atoms with van der Waals surface area (Å²) in [5.74, 6) is 0.189. The molecule has 0 saturated carbocycles. The van der Waals surface area contributed by atoms with Crippen LogP contribution in [0.4, 0.5) is 5.69 Å². The van der Waals surface area contributed by atoms with E-state index in [-0.39, 0.29) is 11.8 Å². The van der Waals surface area contributed by atoms with Gasteiger partial charge in [-0.25, -0.2) is 5.43 Å². The van der Waals surface area contributed by atoms with Crippen molar-refractivity contribution in [3.63, 3.8) is 0 Å². The van der Waals surface area contributed by atoms with Crippen molar-refractivity contribution < 1.29 is 14.3 Å². The molecule has 6 heteroatoms. The molecule has 0 heterocycles. The van der Waals surface area contributed by atoms with E-state index in [0.29, 0.717) is 23.6 Å². The molecule has 2 aromatic rings. The SMILES string of the molecule is C=CCOc1cccc(/C=N\NC(=O)c2ccc(NC(C)=O)cc2)c1. The van der Waals surface area contributed by atoms with Crippen molar-refractivity contribution in [3.05, 3.63) is 72.3 Å². The Balaban J connectivity index is 1.93. The standard InChI is InChI=1S/C19H19N3O3/c1-3-11-25-18-6-4-5-15(12-18)13-20-22-19(24)16-7-9-17(10-8-16)21-14(2)23/h3-10,12-13H,1,11H2,2H3,(H,21,23)(H,22,24)/b20-13-. The number of carbonyl (C=O) groups is 2. The monoisotopic (exact) mass is 337 g/mol. The third-order valence-corrected chi connectivity index (χ3v) is 3.07. The van der Waals surface area contributed by atoms with Crippen molar-refractivity contribution >= 4 is 23.7 Å². The molecule has 6 nitrogen and oxygen atoms in total. The first-order valence-electron chi connectivity index (χ1n) is 7.63. The molecule has 2 aromatic carbocycles. The molecule has 128 valence electrons. The Morgan fingerprint density at radius 3 is 2.64 bits per heavy atom. The number of benzene rings is 2. The Kier molecular flexibility index (Phi) is 6.47. The highest BCUT2D eigenvalue weighted by molar-refractivity contribution is 5.96. The zero-order valence-electron chi connectivity index (χ0n) is 13.9. The predicted molar refractivity (Wildman–Crippen MR) is 97.9 cm³/mol. The summed E-state index contributed by atoms with van der Waals surface area (Å²) in [4.78, 5) is 23.0. The summed E-state index contributed by atoms with van der Waals surface area (Å²) in [6.45, 7) is 5.44. The lowest BCUT2D eigenvalue weighted by atomic mass is 10.2. The number of carbonyl (C=O) groups excluding carboxylic acids is 2. The molecule has 2 rings (SSSR count). The fraction of sp³-hybridized carbons (Fsp3) is 0.105. The molecule has 2 N–H and O–H groups in total. The van der Waals surface area contributed by atoms with E-state index in [1.54, 1.807) is 36.4 Å². The zero-order valence-corrected chi connectivity index (χ0v) is 13.9. The number of rotatable bonds is 7. The van der Waals surface area contributed by atoms with Gasteiger partial charge in [0, 0.05) is 18.2 Å². The maximum atomic E-state index is 12.0. The molecule has 0 atom stereocenters. The zero-order chi connectivity index (χ0) is 18.1. The number of nitrogens with zero attached hydrogens (tertiary/aromatic N) is 1. The number of anilines is 1. The third kappa shape index (κ3) is 5.95. The number of hydrogen-bond acceptors (Lipinski definition) is 4. The Labute approximate surface area is 146 Å². The van der Waals surface area contributed by atoms with Gasteiger partial charge in [-0.15, -0.1) is 0 Å². The van der Waals surface area contributed by atoms with Gasteiger partial charge in [-0.1, -0.05) is 24.8 Å². The number of hydrogen-bond donors (Lipinski definition) is 2. The van der Waals surface area contributed by atoms with Gasteiger partial charge >= 0.3 is 0 Å². The van der Waals surface area contributed by atoms with Gasteiger partial charge in [0.05, 0.1) is 6.21 Å². The Bertz CT molecular complexity index is 783. The van der Waals surface area contributed by atoms with Crippen molar-refractivity contribution in [2.45, 2.75) is 6.92 Å². The van der Waals surface area contributed by atoms with Crippen LogP contribution in [-0.4, -0.2) is 24.6 Å². The summed E-state index contributed by atoms with van der Waals surface area (Å²) in [7, 11) is 0. The second-order valence-electron chi connectivity index (χ2n) is 5.13. The van der Waals surface area contributed by atoms with Crippen LogP contribution in [0.25, 0.3) is 0 Å². The van der Waals surface area contributed by atoms with Crippen LogP contribution in [0.3, 0.4) is 0 Å². The molecule has 25 heavy (non-hydrogen) atoms. The highest BCUT2D eigenvalue weighted by atomic mass is 16.5. The summed E-state index contributed by atoms with van der Waals surface area (Å²) >= 11 is 0. The fourth-order valence-electron chi connectivity index (χ4n) is 1.98. The van der Waals surface area contributed by atoms with Crippen LogP contribution in [0.5, 0.6) is 5.75 Å². The topological polar surface area (TPSA) is 79.8 Å². The second-order valence-corrected chi connectivity index (χ2v) is 5.13. The summed E-state index contributed by atoms with van der Waals surface area (Å²) in [6.07, 6.45) is 3.20. The summed E-state index contributed by atoms with van der Waals surface area (Å²) in [5.41, 5.74) is 4.32. The van der Waals surface area contributed by atoms with Crippen LogP contribution in [0.15, 0.2) is 66.3 Å². The van der Waals surface area contributed by atoms with Gasteiger partial charge in [-0.3, -0.25) is 9.59 Å². The second kappa shape index (κ2) is 9.02. The third-order valence-electron chi connectivity index (χ3n) is 3.07. The first-order valence-corrected chi connectivity index (χ1v) is 7.63. The van der Waals surface area contributed by atoms with Crippen LogP contribution in [0, 0.1) is 0 Å². The molecule has 0 radical (unpaired) electrons. The average molecular weight is 337 g/mol. The first kappa shape index (κ1) is 17.9. The quantitative estimate of drug-likeness (QED) is 0.463. The van der Waals surface area contributed by atoms with Gasteiger partial charge in [0.15, 0.2) is 0 Å². The molecular formula is C19H19N3O3. The van der Waals surface area contributed by atoms with Crippen molar-refractivity contribution in [1.29, 1.82) is 0 Å². The van der Waals surface area contributed by atoms with E-state index in [4.69, 9.17) is 4.74 Å². The molecule has 0 saturated heterocycles. The van der Waals surface area contributed by atoms with Gasteiger partial charge in [0.1, 0.15) is 12.4 Å². The van der Waals surface area contributed by atoms with Crippen LogP contribution in [0.1, 0.15) is 22.8 Å². The van der Waals surface area contributed by atoms with Crippen molar-refractivity contribution in [2.75, 3.05) is 11.9 Å². The largest absolute Gasteiger partial charge is 0.490 e. The van der Waals surface area contributed by atoms with Gasteiger partial charge in [-0.2, -0.15) is 5.10 Å². The molecule has 0 fully saturated rings. The van der Waals surface area contributed by atoms with Gasteiger partial charge in [0.25, 0.3) is 5.91 Å². The Hall–Kier alpha value is -3.41. The minimum atomic E-state index is -0.343. The molecule has 0 aromatic heterocycles. The lowest BCUT2D eigenvalue weighted by molar-refractivity contribution is -0.114. The molecule has 0 bridgehead atoms. The number of amides is 2. The van der Waals surface area contributed by atoms with Gasteiger partial charge in [0.2, 0.25) is 5.91 Å². The van der Waals surface area contributed by atoms with Crippen LogP contribution in [-0.2, 0) is 4.79 Å². The molecule has 2 amide bonds. The number of nitrogens with one attached hydrogen (secondary N) is 2. The van der Waals surface area contributed by atoms with E-state index >= 15 is 0 Å². The summed E-state index contributed by atoms with van der Waals surface area (Å²) in [6, 6.07) is 13.8. The van der Waals surface area contributed by atoms with Gasteiger partial charge < -0.3 is 10.1 Å². The molecule has 0 aliphatic carbocycles. The number of ether oxygens (including phenoxy) is 1.